The van der Waals surface area contributed by atoms with E-state index in [4.69, 9.17) is 0 Å². The van der Waals surface area contributed by atoms with Crippen molar-refractivity contribution in [3.8, 4) is 0 Å². The number of halogens is 1. The third kappa shape index (κ3) is 3.56. The van der Waals surface area contributed by atoms with Gasteiger partial charge in [-0.15, -0.1) is 0 Å². The third-order valence-corrected chi connectivity index (χ3v) is 4.02. The number of hydrogen-bond donors (Lipinski definition) is 2. The highest BCUT2D eigenvalue weighted by molar-refractivity contribution is 9.10. The summed E-state index contributed by atoms with van der Waals surface area (Å²) < 4.78 is 1.15. The summed E-state index contributed by atoms with van der Waals surface area (Å²) in [5.41, 5.74) is 2.83. The molecule has 2 N–H and O–H groups in total. The molecule has 2 unspecified atom stereocenters. The van der Waals surface area contributed by atoms with Crippen molar-refractivity contribution in [1.29, 1.82) is 0 Å². The number of aliphatic hydroxyl groups excluding tert-OH is 1. The van der Waals surface area contributed by atoms with E-state index in [1.54, 1.807) is 0 Å². The predicted molar refractivity (Wildman–Crippen MR) is 78.7 cm³/mol. The lowest BCUT2D eigenvalue weighted by Gasteiger charge is -2.18. The van der Waals surface area contributed by atoms with Crippen molar-refractivity contribution in [3.63, 3.8) is 0 Å². The van der Waals surface area contributed by atoms with Crippen LogP contribution in [0.4, 0.5) is 0 Å². The van der Waals surface area contributed by atoms with E-state index in [1.165, 1.54) is 11.1 Å². The van der Waals surface area contributed by atoms with Crippen molar-refractivity contribution in [1.82, 2.24) is 5.32 Å². The predicted octanol–water partition coefficient (Wildman–Crippen LogP) is 3.43. The van der Waals surface area contributed by atoms with Crippen molar-refractivity contribution in [3.05, 3.63) is 33.8 Å². The minimum atomic E-state index is -0.232. The van der Waals surface area contributed by atoms with Crippen LogP contribution in [-0.4, -0.2) is 17.8 Å². The van der Waals surface area contributed by atoms with Gasteiger partial charge in [-0.2, -0.15) is 0 Å². The Morgan fingerprint density at radius 3 is 2.94 bits per heavy atom. The minimum absolute atomic E-state index is 0.232. The van der Waals surface area contributed by atoms with Crippen LogP contribution in [0, 0.1) is 5.92 Å². The average molecular weight is 312 g/mol. The molecule has 1 aliphatic carbocycles. The molecule has 2 rings (SSSR count). The van der Waals surface area contributed by atoms with Gasteiger partial charge in [-0.25, -0.2) is 0 Å². The molecule has 0 aliphatic heterocycles. The molecule has 0 heterocycles. The lowest BCUT2D eigenvalue weighted by Crippen LogP contribution is -2.30. The Labute approximate surface area is 118 Å². The molecule has 18 heavy (non-hydrogen) atoms. The highest BCUT2D eigenvalue weighted by atomic mass is 79.9. The Morgan fingerprint density at radius 1 is 1.44 bits per heavy atom. The number of hydrogen-bond acceptors (Lipinski definition) is 2. The van der Waals surface area contributed by atoms with Crippen molar-refractivity contribution in [2.45, 2.75) is 45.3 Å². The molecule has 1 aliphatic rings. The molecule has 0 fully saturated rings. The zero-order chi connectivity index (χ0) is 13.1. The van der Waals surface area contributed by atoms with E-state index in [0.717, 1.165) is 23.7 Å². The van der Waals surface area contributed by atoms with E-state index in [2.05, 4.69) is 53.3 Å². The molecule has 0 saturated heterocycles. The zero-order valence-corrected chi connectivity index (χ0v) is 12.7. The fraction of sp³-hybridized carbons (Fsp3) is 0.600. The fourth-order valence-corrected chi connectivity index (χ4v) is 3.11. The molecule has 1 aromatic rings. The first-order valence-corrected chi connectivity index (χ1v) is 7.55. The van der Waals surface area contributed by atoms with E-state index in [1.807, 2.05) is 0 Å². The molecular weight excluding hydrogens is 290 g/mol. The maximum absolute atomic E-state index is 9.90. The smallest absolute Gasteiger partial charge is 0.0667 e. The van der Waals surface area contributed by atoms with Gasteiger partial charge in [0.1, 0.15) is 0 Å². The summed E-state index contributed by atoms with van der Waals surface area (Å²) in [6.45, 7) is 4.98. The highest BCUT2D eigenvalue weighted by Gasteiger charge is 2.22. The molecule has 1 aromatic carbocycles. The third-order valence-electron chi connectivity index (χ3n) is 3.53. The van der Waals surface area contributed by atoms with Crippen molar-refractivity contribution in [2.24, 2.45) is 5.92 Å². The van der Waals surface area contributed by atoms with Crippen LogP contribution in [0.3, 0.4) is 0 Å². The molecule has 0 amide bonds. The van der Waals surface area contributed by atoms with Gasteiger partial charge in [0.2, 0.25) is 0 Å². The lowest BCUT2D eigenvalue weighted by atomic mass is 10.0. The van der Waals surface area contributed by atoms with E-state index < -0.39 is 0 Å². The zero-order valence-electron chi connectivity index (χ0n) is 11.1. The number of nitrogens with one attached hydrogen (secondary N) is 1. The van der Waals surface area contributed by atoms with Crippen molar-refractivity contribution in [2.75, 3.05) is 6.54 Å². The molecule has 0 aromatic heterocycles. The van der Waals surface area contributed by atoms with Crippen LogP contribution >= 0.6 is 15.9 Å². The molecule has 0 spiro atoms. The largest absolute Gasteiger partial charge is 0.392 e. The van der Waals surface area contributed by atoms with Gasteiger partial charge in [-0.3, -0.25) is 0 Å². The second kappa shape index (κ2) is 6.18. The quantitative estimate of drug-likeness (QED) is 0.873. The molecule has 0 radical (unpaired) electrons. The van der Waals surface area contributed by atoms with E-state index in [-0.39, 0.29) is 6.10 Å². The number of rotatable bonds is 5. The first kappa shape index (κ1) is 14.0. The highest BCUT2D eigenvalue weighted by Crippen LogP contribution is 2.32. The number of aliphatic hydroxyl groups is 1. The Morgan fingerprint density at radius 2 is 2.22 bits per heavy atom. The van der Waals surface area contributed by atoms with Gasteiger partial charge in [0.25, 0.3) is 0 Å². The van der Waals surface area contributed by atoms with E-state index >= 15 is 0 Å². The molecule has 100 valence electrons. The SMILES string of the molecule is CC(C)CC(O)CNC1CCc2cc(Br)ccc21. The van der Waals surface area contributed by atoms with Crippen LogP contribution in [0.25, 0.3) is 0 Å². The van der Waals surface area contributed by atoms with Crippen LogP contribution in [0.5, 0.6) is 0 Å². The Kier molecular flexibility index (Phi) is 4.82. The Balaban J connectivity index is 1.90. The van der Waals surface area contributed by atoms with Gasteiger partial charge in [0.15, 0.2) is 0 Å². The lowest BCUT2D eigenvalue weighted by molar-refractivity contribution is 0.142. The van der Waals surface area contributed by atoms with Gasteiger partial charge in [0.05, 0.1) is 6.10 Å². The van der Waals surface area contributed by atoms with Gasteiger partial charge in [-0.05, 0) is 48.4 Å². The number of benzene rings is 1. The summed E-state index contributed by atoms with van der Waals surface area (Å²) in [5.74, 6) is 0.550. The Bertz CT molecular complexity index is 405. The fourth-order valence-electron chi connectivity index (χ4n) is 2.70. The minimum Gasteiger partial charge on any atom is -0.392 e. The molecule has 2 nitrogen and oxygen atoms in total. The first-order valence-electron chi connectivity index (χ1n) is 6.76. The van der Waals surface area contributed by atoms with Crippen LogP contribution in [0.15, 0.2) is 22.7 Å². The second-order valence-electron chi connectivity index (χ2n) is 5.63. The summed E-state index contributed by atoms with van der Waals surface area (Å²) in [5, 5.41) is 13.4. The summed E-state index contributed by atoms with van der Waals surface area (Å²) in [7, 11) is 0. The van der Waals surface area contributed by atoms with Gasteiger partial charge >= 0.3 is 0 Å². The molecule has 2 atom stereocenters. The normalized spacial score (nSPS) is 20.2. The van der Waals surface area contributed by atoms with Crippen LogP contribution < -0.4 is 5.32 Å². The van der Waals surface area contributed by atoms with Crippen LogP contribution in [-0.2, 0) is 6.42 Å². The maximum Gasteiger partial charge on any atom is 0.0667 e. The van der Waals surface area contributed by atoms with E-state index in [0.29, 0.717) is 18.5 Å². The van der Waals surface area contributed by atoms with Gasteiger partial charge in [-0.1, -0.05) is 35.8 Å². The average Bonchev–Trinajstić information content (AvgIpc) is 2.67. The van der Waals surface area contributed by atoms with E-state index in [9.17, 15) is 5.11 Å². The summed E-state index contributed by atoms with van der Waals surface area (Å²) in [6.07, 6.45) is 2.91. The molecular formula is C15H22BrNO. The Hall–Kier alpha value is -0.380. The summed E-state index contributed by atoms with van der Waals surface area (Å²) in [6, 6.07) is 6.92. The first-order chi connectivity index (χ1) is 8.56. The maximum atomic E-state index is 9.90. The molecule has 0 bridgehead atoms. The topological polar surface area (TPSA) is 32.3 Å². The van der Waals surface area contributed by atoms with Gasteiger partial charge in [0, 0.05) is 17.1 Å². The number of fused-ring (bicyclic) bond motifs is 1. The number of aryl methyl sites for hydroxylation is 1. The van der Waals surface area contributed by atoms with Crippen LogP contribution in [0.2, 0.25) is 0 Å². The molecule has 0 saturated carbocycles. The second-order valence-corrected chi connectivity index (χ2v) is 6.54. The van der Waals surface area contributed by atoms with Crippen LogP contribution in [0.1, 0.15) is 43.9 Å². The van der Waals surface area contributed by atoms with Crippen molar-refractivity contribution >= 4 is 15.9 Å². The standard InChI is InChI=1S/C15H22BrNO/c1-10(2)7-13(18)9-17-15-6-3-11-8-12(16)4-5-14(11)15/h4-5,8,10,13,15,17-18H,3,6-7,9H2,1-2H3. The summed E-state index contributed by atoms with van der Waals surface area (Å²) in [4.78, 5) is 0. The van der Waals surface area contributed by atoms with Gasteiger partial charge < -0.3 is 10.4 Å². The van der Waals surface area contributed by atoms with Crippen molar-refractivity contribution < 1.29 is 5.11 Å². The molecule has 3 heteroatoms. The monoisotopic (exact) mass is 311 g/mol. The summed E-state index contributed by atoms with van der Waals surface area (Å²) >= 11 is 3.51.